The average Bonchev–Trinajstić information content (AvgIpc) is 2.85. The van der Waals surface area contributed by atoms with Gasteiger partial charge in [0.1, 0.15) is 0 Å². The molecule has 112 valence electrons. The first-order valence-electron chi connectivity index (χ1n) is 6.51. The first kappa shape index (κ1) is 14.1. The lowest BCUT2D eigenvalue weighted by Crippen LogP contribution is -2.10. The molecule has 0 saturated heterocycles. The maximum Gasteiger partial charge on any atom is 0.416 e. The molecule has 0 aliphatic carbocycles. The smallest absolute Gasteiger partial charge is 0.416 e. The van der Waals surface area contributed by atoms with Gasteiger partial charge in [-0.1, -0.05) is 30.3 Å². The number of fused-ring (bicyclic) bond motifs is 1. The summed E-state index contributed by atoms with van der Waals surface area (Å²) < 4.78 is 27.4. The second-order valence-electron chi connectivity index (χ2n) is 4.85. The minimum absolute atomic E-state index is 0.190. The van der Waals surface area contributed by atoms with E-state index in [9.17, 15) is 18.7 Å². The molecule has 2 aromatic carbocycles. The SMILES string of the molecule is Nc1ccc2cc(-c3ccccc3C(F)F)n(C(=O)O)c2c1. The lowest BCUT2D eigenvalue weighted by molar-refractivity contribution is 0.152. The lowest BCUT2D eigenvalue weighted by Gasteiger charge is -2.10. The minimum Gasteiger partial charge on any atom is -0.464 e. The first-order chi connectivity index (χ1) is 10.5. The first-order valence-corrected chi connectivity index (χ1v) is 6.51. The summed E-state index contributed by atoms with van der Waals surface area (Å²) in [6.45, 7) is 0. The van der Waals surface area contributed by atoms with Crippen molar-refractivity contribution >= 4 is 22.7 Å². The average molecular weight is 302 g/mol. The largest absolute Gasteiger partial charge is 0.464 e. The molecule has 1 heterocycles. The molecule has 0 amide bonds. The predicted molar refractivity (Wildman–Crippen MR) is 80.2 cm³/mol. The summed E-state index contributed by atoms with van der Waals surface area (Å²) in [6, 6.07) is 12.3. The van der Waals surface area contributed by atoms with E-state index >= 15 is 0 Å². The number of carbonyl (C=O) groups is 1. The van der Waals surface area contributed by atoms with Crippen LogP contribution in [0.15, 0.2) is 48.5 Å². The number of hydrogen-bond acceptors (Lipinski definition) is 2. The number of benzene rings is 2. The third-order valence-corrected chi connectivity index (χ3v) is 3.49. The van der Waals surface area contributed by atoms with Gasteiger partial charge in [-0.25, -0.2) is 18.1 Å². The number of carboxylic acid groups (broad SMARTS) is 1. The molecule has 0 saturated carbocycles. The van der Waals surface area contributed by atoms with E-state index in [4.69, 9.17) is 5.73 Å². The Hall–Kier alpha value is -2.89. The lowest BCUT2D eigenvalue weighted by atomic mass is 10.0. The highest BCUT2D eigenvalue weighted by Gasteiger charge is 2.20. The third kappa shape index (κ3) is 2.18. The minimum atomic E-state index is -2.69. The van der Waals surface area contributed by atoms with Crippen LogP contribution in [0.5, 0.6) is 0 Å². The van der Waals surface area contributed by atoms with Gasteiger partial charge in [0, 0.05) is 22.2 Å². The Morgan fingerprint density at radius 2 is 1.86 bits per heavy atom. The fraction of sp³-hybridized carbons (Fsp3) is 0.0625. The van der Waals surface area contributed by atoms with Crippen molar-refractivity contribution in [1.82, 2.24) is 4.57 Å². The van der Waals surface area contributed by atoms with Crippen molar-refractivity contribution in [2.45, 2.75) is 6.43 Å². The van der Waals surface area contributed by atoms with Crippen molar-refractivity contribution in [3.63, 3.8) is 0 Å². The summed E-state index contributed by atoms with van der Waals surface area (Å²) in [6.07, 6.45) is -3.94. The van der Waals surface area contributed by atoms with Crippen LogP contribution in [0.4, 0.5) is 19.3 Å². The van der Waals surface area contributed by atoms with Crippen molar-refractivity contribution < 1.29 is 18.7 Å². The molecule has 3 aromatic rings. The van der Waals surface area contributed by atoms with Crippen LogP contribution in [0.3, 0.4) is 0 Å². The monoisotopic (exact) mass is 302 g/mol. The van der Waals surface area contributed by atoms with Crippen molar-refractivity contribution in [1.29, 1.82) is 0 Å². The number of nitrogen functional groups attached to an aromatic ring is 1. The molecule has 0 aliphatic rings. The van der Waals surface area contributed by atoms with Crippen molar-refractivity contribution in [2.24, 2.45) is 0 Å². The van der Waals surface area contributed by atoms with E-state index in [0.29, 0.717) is 16.6 Å². The van der Waals surface area contributed by atoms with E-state index in [0.717, 1.165) is 4.57 Å². The van der Waals surface area contributed by atoms with E-state index < -0.39 is 12.5 Å². The summed E-state index contributed by atoms with van der Waals surface area (Å²) in [5.74, 6) is 0. The van der Waals surface area contributed by atoms with Crippen LogP contribution in [-0.2, 0) is 0 Å². The van der Waals surface area contributed by atoms with E-state index in [2.05, 4.69) is 0 Å². The van der Waals surface area contributed by atoms with Gasteiger partial charge in [-0.15, -0.1) is 0 Å². The van der Waals surface area contributed by atoms with Gasteiger partial charge >= 0.3 is 6.09 Å². The second kappa shape index (κ2) is 5.14. The van der Waals surface area contributed by atoms with Gasteiger partial charge in [0.15, 0.2) is 0 Å². The Morgan fingerprint density at radius 3 is 2.55 bits per heavy atom. The Kier molecular flexibility index (Phi) is 3.29. The fourth-order valence-electron chi connectivity index (χ4n) is 2.54. The highest BCUT2D eigenvalue weighted by atomic mass is 19.3. The van der Waals surface area contributed by atoms with Crippen LogP contribution in [0.25, 0.3) is 22.2 Å². The maximum atomic E-state index is 13.2. The van der Waals surface area contributed by atoms with E-state index in [1.54, 1.807) is 24.3 Å². The van der Waals surface area contributed by atoms with Crippen molar-refractivity contribution in [3.05, 3.63) is 54.1 Å². The number of aromatic nitrogens is 1. The van der Waals surface area contributed by atoms with Gasteiger partial charge in [0.2, 0.25) is 0 Å². The van der Waals surface area contributed by atoms with Crippen LogP contribution in [0.1, 0.15) is 12.0 Å². The van der Waals surface area contributed by atoms with Gasteiger partial charge in [0.25, 0.3) is 6.43 Å². The molecule has 0 fully saturated rings. The van der Waals surface area contributed by atoms with E-state index in [1.165, 1.54) is 24.3 Å². The molecule has 3 rings (SSSR count). The molecular formula is C16H12F2N2O2. The standard InChI is InChI=1S/C16H12F2N2O2/c17-15(18)12-4-2-1-3-11(12)14-7-9-5-6-10(19)8-13(9)20(14)16(21)22/h1-8,15H,19H2,(H,21,22). The summed E-state index contributed by atoms with van der Waals surface area (Å²) in [4.78, 5) is 11.6. The quantitative estimate of drug-likeness (QED) is 0.691. The van der Waals surface area contributed by atoms with Gasteiger partial charge < -0.3 is 10.8 Å². The summed E-state index contributed by atoms with van der Waals surface area (Å²) in [5.41, 5.74) is 6.64. The summed E-state index contributed by atoms with van der Waals surface area (Å²) in [7, 11) is 0. The molecule has 0 atom stereocenters. The van der Waals surface area contributed by atoms with Crippen LogP contribution >= 0.6 is 0 Å². The molecule has 6 heteroatoms. The maximum absolute atomic E-state index is 13.2. The molecule has 0 unspecified atom stereocenters. The molecular weight excluding hydrogens is 290 g/mol. The molecule has 0 spiro atoms. The van der Waals surface area contributed by atoms with E-state index in [-0.39, 0.29) is 16.8 Å². The summed E-state index contributed by atoms with van der Waals surface area (Å²) in [5, 5.41) is 10.1. The van der Waals surface area contributed by atoms with Crippen molar-refractivity contribution in [3.8, 4) is 11.3 Å². The molecule has 22 heavy (non-hydrogen) atoms. The van der Waals surface area contributed by atoms with Crippen LogP contribution in [0, 0.1) is 0 Å². The van der Waals surface area contributed by atoms with Crippen LogP contribution in [0.2, 0.25) is 0 Å². The number of rotatable bonds is 2. The van der Waals surface area contributed by atoms with Gasteiger partial charge in [-0.2, -0.15) is 0 Å². The summed E-state index contributed by atoms with van der Waals surface area (Å²) >= 11 is 0. The number of alkyl halides is 2. The third-order valence-electron chi connectivity index (χ3n) is 3.49. The Bertz CT molecular complexity index is 872. The molecule has 4 nitrogen and oxygen atoms in total. The fourth-order valence-corrected chi connectivity index (χ4v) is 2.54. The predicted octanol–water partition coefficient (Wildman–Crippen LogP) is 4.35. The normalized spacial score (nSPS) is 11.2. The van der Waals surface area contributed by atoms with Gasteiger partial charge in [0.05, 0.1) is 11.2 Å². The number of nitrogens with two attached hydrogens (primary N) is 1. The number of hydrogen-bond donors (Lipinski definition) is 2. The molecule has 0 aliphatic heterocycles. The Morgan fingerprint density at radius 1 is 1.14 bits per heavy atom. The van der Waals surface area contributed by atoms with Gasteiger partial charge in [-0.3, -0.25) is 0 Å². The molecule has 0 bridgehead atoms. The van der Waals surface area contributed by atoms with Crippen LogP contribution < -0.4 is 5.73 Å². The highest BCUT2D eigenvalue weighted by Crippen LogP contribution is 2.35. The number of halogens is 2. The molecule has 3 N–H and O–H groups in total. The number of nitrogens with zero attached hydrogens (tertiary/aromatic N) is 1. The molecule has 0 radical (unpaired) electrons. The van der Waals surface area contributed by atoms with Crippen molar-refractivity contribution in [2.75, 3.05) is 5.73 Å². The topological polar surface area (TPSA) is 68.2 Å². The van der Waals surface area contributed by atoms with Crippen LogP contribution in [-0.4, -0.2) is 15.8 Å². The zero-order valence-electron chi connectivity index (χ0n) is 11.3. The highest BCUT2D eigenvalue weighted by molar-refractivity contribution is 5.97. The van der Waals surface area contributed by atoms with E-state index in [1.807, 2.05) is 0 Å². The second-order valence-corrected chi connectivity index (χ2v) is 4.85. The Balaban J connectivity index is 2.37. The molecule has 1 aromatic heterocycles. The Labute approximate surface area is 124 Å². The zero-order chi connectivity index (χ0) is 15.9. The number of anilines is 1. The van der Waals surface area contributed by atoms with Gasteiger partial charge in [-0.05, 0) is 18.2 Å². The zero-order valence-corrected chi connectivity index (χ0v) is 11.3.